The Morgan fingerprint density at radius 3 is 2.48 bits per heavy atom. The van der Waals surface area contributed by atoms with E-state index in [1.807, 2.05) is 19.1 Å². The maximum absolute atomic E-state index is 13.1. The molecular weight excluding hydrogens is 343 g/mol. The summed E-state index contributed by atoms with van der Waals surface area (Å²) in [6.45, 7) is 6.42. The Labute approximate surface area is 160 Å². The summed E-state index contributed by atoms with van der Waals surface area (Å²) in [5.41, 5.74) is 3.02. The first-order valence-corrected chi connectivity index (χ1v) is 9.15. The van der Waals surface area contributed by atoms with Crippen molar-refractivity contribution in [2.24, 2.45) is 4.99 Å². The van der Waals surface area contributed by atoms with Gasteiger partial charge in [-0.3, -0.25) is 4.79 Å². The van der Waals surface area contributed by atoms with Crippen molar-refractivity contribution < 1.29 is 9.18 Å². The molecule has 1 amide bonds. The molecule has 144 valence electrons. The molecule has 0 atom stereocenters. The highest BCUT2D eigenvalue weighted by atomic mass is 19.1. The van der Waals surface area contributed by atoms with Gasteiger partial charge in [-0.2, -0.15) is 0 Å². The molecule has 0 aliphatic carbocycles. The molecule has 0 aliphatic rings. The topological polar surface area (TPSA) is 65.5 Å². The van der Waals surface area contributed by atoms with Crippen LogP contribution in [0.25, 0.3) is 0 Å². The van der Waals surface area contributed by atoms with E-state index in [-0.39, 0.29) is 18.1 Å². The van der Waals surface area contributed by atoms with Gasteiger partial charge < -0.3 is 16.0 Å². The zero-order chi connectivity index (χ0) is 19.5. The van der Waals surface area contributed by atoms with Crippen molar-refractivity contribution in [3.8, 4) is 0 Å². The van der Waals surface area contributed by atoms with Gasteiger partial charge >= 0.3 is 0 Å². The van der Waals surface area contributed by atoms with Crippen LogP contribution in [0.5, 0.6) is 0 Å². The number of rotatable bonds is 8. The first-order chi connectivity index (χ1) is 13.1. The number of nitrogens with zero attached hydrogens (tertiary/aromatic N) is 1. The van der Waals surface area contributed by atoms with Crippen LogP contribution in [0.15, 0.2) is 53.5 Å². The van der Waals surface area contributed by atoms with E-state index in [4.69, 9.17) is 0 Å². The number of guanidine groups is 1. The molecule has 0 unspecified atom stereocenters. The summed E-state index contributed by atoms with van der Waals surface area (Å²) in [6, 6.07) is 14.3. The highest BCUT2D eigenvalue weighted by molar-refractivity contribution is 5.80. The Balaban J connectivity index is 1.75. The molecule has 0 aliphatic heterocycles. The first-order valence-electron chi connectivity index (χ1n) is 9.15. The van der Waals surface area contributed by atoms with Crippen LogP contribution in [0.3, 0.4) is 0 Å². The molecule has 0 saturated heterocycles. The normalized spacial score (nSPS) is 11.1. The van der Waals surface area contributed by atoms with E-state index in [1.165, 1.54) is 17.7 Å². The summed E-state index contributed by atoms with van der Waals surface area (Å²) in [4.78, 5) is 16.5. The third kappa shape index (κ3) is 7.90. The summed E-state index contributed by atoms with van der Waals surface area (Å²) in [6.07, 6.45) is 0.166. The van der Waals surface area contributed by atoms with Crippen molar-refractivity contribution in [2.75, 3.05) is 19.6 Å². The smallest absolute Gasteiger partial charge is 0.224 e. The number of nitrogens with one attached hydrogen (secondary N) is 3. The number of amides is 1. The lowest BCUT2D eigenvalue weighted by molar-refractivity contribution is -0.120. The van der Waals surface area contributed by atoms with Gasteiger partial charge in [0.15, 0.2) is 5.96 Å². The molecular formula is C21H27FN4O. The van der Waals surface area contributed by atoms with E-state index < -0.39 is 0 Å². The lowest BCUT2D eigenvalue weighted by Gasteiger charge is -2.12. The summed E-state index contributed by atoms with van der Waals surface area (Å²) in [5, 5.41) is 9.21. The second-order valence-electron chi connectivity index (χ2n) is 6.27. The Morgan fingerprint density at radius 2 is 1.74 bits per heavy atom. The molecule has 0 spiro atoms. The summed E-state index contributed by atoms with van der Waals surface area (Å²) in [5.74, 6) is 0.240. The number of hydrogen-bond donors (Lipinski definition) is 3. The Hall–Kier alpha value is -2.89. The molecule has 2 aromatic carbocycles. The molecule has 0 saturated carbocycles. The third-order valence-corrected chi connectivity index (χ3v) is 3.84. The van der Waals surface area contributed by atoms with Crippen LogP contribution in [0.1, 0.15) is 23.6 Å². The molecule has 2 rings (SSSR count). The Bertz CT molecular complexity index is 776. The minimum Gasteiger partial charge on any atom is -0.357 e. The number of carbonyl (C=O) groups excluding carboxylic acids is 1. The Kier molecular flexibility index (Phi) is 8.29. The summed E-state index contributed by atoms with van der Waals surface area (Å²) >= 11 is 0. The van der Waals surface area contributed by atoms with Crippen molar-refractivity contribution in [3.63, 3.8) is 0 Å². The number of benzene rings is 2. The zero-order valence-corrected chi connectivity index (χ0v) is 15.9. The van der Waals surface area contributed by atoms with Gasteiger partial charge in [0, 0.05) is 19.6 Å². The van der Waals surface area contributed by atoms with Gasteiger partial charge in [-0.15, -0.1) is 0 Å². The van der Waals surface area contributed by atoms with Crippen molar-refractivity contribution in [1.29, 1.82) is 0 Å². The predicted molar refractivity (Wildman–Crippen MR) is 107 cm³/mol. The van der Waals surface area contributed by atoms with E-state index in [9.17, 15) is 9.18 Å². The monoisotopic (exact) mass is 370 g/mol. The maximum atomic E-state index is 13.1. The number of halogens is 1. The van der Waals surface area contributed by atoms with Gasteiger partial charge in [-0.25, -0.2) is 9.38 Å². The maximum Gasteiger partial charge on any atom is 0.224 e. The van der Waals surface area contributed by atoms with Crippen molar-refractivity contribution >= 4 is 11.9 Å². The molecule has 2 aromatic rings. The quantitative estimate of drug-likeness (QED) is 0.380. The van der Waals surface area contributed by atoms with Crippen molar-refractivity contribution in [3.05, 3.63) is 71.0 Å². The fourth-order valence-electron chi connectivity index (χ4n) is 2.60. The average Bonchev–Trinajstić information content (AvgIpc) is 2.63. The van der Waals surface area contributed by atoms with Gasteiger partial charge in [0.25, 0.3) is 0 Å². The second-order valence-corrected chi connectivity index (χ2v) is 6.27. The standard InChI is InChI=1S/C21H27FN4O/c1-3-23-21(26-15-18-8-4-6-16(2)12-18)25-11-10-24-20(27)14-17-7-5-9-19(22)13-17/h4-9,12-13H,3,10-11,14-15H2,1-2H3,(H,24,27)(H2,23,25,26). The first kappa shape index (κ1) is 20.4. The van der Waals surface area contributed by atoms with Gasteiger partial charge in [-0.05, 0) is 37.1 Å². The number of aryl methyl sites for hydroxylation is 1. The molecule has 5 nitrogen and oxygen atoms in total. The van der Waals surface area contributed by atoms with Gasteiger partial charge in [0.05, 0.1) is 13.0 Å². The van der Waals surface area contributed by atoms with Gasteiger partial charge in [-0.1, -0.05) is 42.0 Å². The van der Waals surface area contributed by atoms with Crippen LogP contribution < -0.4 is 16.0 Å². The van der Waals surface area contributed by atoms with E-state index in [1.54, 1.807) is 12.1 Å². The second kappa shape index (κ2) is 11.0. The fraction of sp³-hybridized carbons (Fsp3) is 0.333. The fourth-order valence-corrected chi connectivity index (χ4v) is 2.60. The average molecular weight is 370 g/mol. The molecule has 6 heteroatoms. The minimum absolute atomic E-state index is 0.135. The zero-order valence-electron chi connectivity index (χ0n) is 15.9. The van der Waals surface area contributed by atoms with E-state index in [0.717, 1.165) is 12.1 Å². The third-order valence-electron chi connectivity index (χ3n) is 3.84. The number of aliphatic imine (C=N–C) groups is 1. The van der Waals surface area contributed by atoms with E-state index >= 15 is 0 Å². The van der Waals surface area contributed by atoms with Crippen LogP contribution >= 0.6 is 0 Å². The van der Waals surface area contributed by atoms with Crippen LogP contribution in [0.2, 0.25) is 0 Å². The number of hydrogen-bond acceptors (Lipinski definition) is 2. The van der Waals surface area contributed by atoms with Crippen LogP contribution in [-0.2, 0) is 17.8 Å². The SMILES string of the molecule is CCNC(=NCc1cccc(C)c1)NCCNC(=O)Cc1cccc(F)c1. The minimum atomic E-state index is -0.331. The molecule has 0 radical (unpaired) electrons. The van der Waals surface area contributed by atoms with Crippen LogP contribution in [0, 0.1) is 12.7 Å². The van der Waals surface area contributed by atoms with Crippen molar-refractivity contribution in [2.45, 2.75) is 26.8 Å². The Morgan fingerprint density at radius 1 is 1.00 bits per heavy atom. The lowest BCUT2D eigenvalue weighted by Crippen LogP contribution is -2.41. The molecule has 0 aromatic heterocycles. The molecule has 0 bridgehead atoms. The molecule has 3 N–H and O–H groups in total. The lowest BCUT2D eigenvalue weighted by atomic mass is 10.1. The summed E-state index contributed by atoms with van der Waals surface area (Å²) < 4.78 is 13.1. The molecule has 0 fully saturated rings. The van der Waals surface area contributed by atoms with Gasteiger partial charge in [0.2, 0.25) is 5.91 Å². The highest BCUT2D eigenvalue weighted by Gasteiger charge is 2.04. The molecule has 0 heterocycles. The van der Waals surface area contributed by atoms with Crippen molar-refractivity contribution in [1.82, 2.24) is 16.0 Å². The largest absolute Gasteiger partial charge is 0.357 e. The van der Waals surface area contributed by atoms with Gasteiger partial charge in [0.1, 0.15) is 5.82 Å². The number of carbonyl (C=O) groups is 1. The van der Waals surface area contributed by atoms with Crippen LogP contribution in [-0.4, -0.2) is 31.5 Å². The molecule has 27 heavy (non-hydrogen) atoms. The predicted octanol–water partition coefficient (Wildman–Crippen LogP) is 2.55. The summed E-state index contributed by atoms with van der Waals surface area (Å²) in [7, 11) is 0. The van der Waals surface area contributed by atoms with E-state index in [0.29, 0.717) is 31.2 Å². The highest BCUT2D eigenvalue weighted by Crippen LogP contribution is 2.05. The van der Waals surface area contributed by atoms with E-state index in [2.05, 4.69) is 40.0 Å². The van der Waals surface area contributed by atoms with Crippen LogP contribution in [0.4, 0.5) is 4.39 Å².